The molecule has 108 valence electrons. The van der Waals surface area contributed by atoms with Crippen molar-refractivity contribution in [2.75, 3.05) is 6.54 Å². The highest BCUT2D eigenvalue weighted by atomic mass is 79.9. The van der Waals surface area contributed by atoms with Crippen molar-refractivity contribution in [2.24, 2.45) is 5.92 Å². The van der Waals surface area contributed by atoms with E-state index in [-0.39, 0.29) is 11.4 Å². The summed E-state index contributed by atoms with van der Waals surface area (Å²) in [5.41, 5.74) is 1.29. The van der Waals surface area contributed by atoms with Gasteiger partial charge < -0.3 is 10.4 Å². The van der Waals surface area contributed by atoms with Gasteiger partial charge in [-0.25, -0.2) is 0 Å². The summed E-state index contributed by atoms with van der Waals surface area (Å²) in [7, 11) is 0. The molecule has 0 bridgehead atoms. The Morgan fingerprint density at radius 2 is 1.95 bits per heavy atom. The number of aliphatic hydroxyl groups excluding tert-OH is 1. The van der Waals surface area contributed by atoms with E-state index in [0.717, 1.165) is 17.6 Å². The van der Waals surface area contributed by atoms with Crippen molar-refractivity contribution < 1.29 is 5.11 Å². The Bertz CT molecular complexity index is 396. The van der Waals surface area contributed by atoms with Crippen LogP contribution in [0.25, 0.3) is 0 Å². The maximum absolute atomic E-state index is 9.64. The van der Waals surface area contributed by atoms with Crippen LogP contribution in [0, 0.1) is 5.92 Å². The van der Waals surface area contributed by atoms with Gasteiger partial charge in [-0.15, -0.1) is 11.8 Å². The van der Waals surface area contributed by atoms with Crippen LogP contribution in [0.5, 0.6) is 0 Å². The summed E-state index contributed by atoms with van der Waals surface area (Å²) in [5.74, 6) is 0.655. The SMILES string of the molecule is CC(C)CNCc1ccc(Br)cc1SC(C)C(C)O. The second kappa shape index (κ2) is 8.30. The Kier molecular flexibility index (Phi) is 7.44. The van der Waals surface area contributed by atoms with Gasteiger partial charge in [-0.2, -0.15) is 0 Å². The molecule has 0 radical (unpaired) electrons. The van der Waals surface area contributed by atoms with Crippen molar-refractivity contribution in [3.05, 3.63) is 28.2 Å². The Morgan fingerprint density at radius 3 is 2.53 bits per heavy atom. The monoisotopic (exact) mass is 345 g/mol. The number of benzene rings is 1. The number of thioether (sulfide) groups is 1. The lowest BCUT2D eigenvalue weighted by Crippen LogP contribution is -2.20. The van der Waals surface area contributed by atoms with Crippen LogP contribution in [-0.2, 0) is 6.54 Å². The number of hydrogen-bond acceptors (Lipinski definition) is 3. The van der Waals surface area contributed by atoms with E-state index in [1.807, 2.05) is 6.92 Å². The molecule has 0 aliphatic heterocycles. The highest BCUT2D eigenvalue weighted by molar-refractivity contribution is 9.10. The predicted molar refractivity (Wildman–Crippen MR) is 87.7 cm³/mol. The molecule has 4 heteroatoms. The zero-order valence-electron chi connectivity index (χ0n) is 12.1. The zero-order valence-corrected chi connectivity index (χ0v) is 14.5. The minimum Gasteiger partial charge on any atom is -0.392 e. The summed E-state index contributed by atoms with van der Waals surface area (Å²) in [4.78, 5) is 1.24. The van der Waals surface area contributed by atoms with E-state index in [1.54, 1.807) is 11.8 Å². The fraction of sp³-hybridized carbons (Fsp3) is 0.600. The highest BCUT2D eigenvalue weighted by Gasteiger charge is 2.13. The van der Waals surface area contributed by atoms with E-state index in [2.05, 4.69) is 60.2 Å². The second-order valence-corrected chi connectivity index (χ2v) is 7.68. The predicted octanol–water partition coefficient (Wildman–Crippen LogP) is 4.06. The average Bonchev–Trinajstić information content (AvgIpc) is 2.31. The molecule has 0 saturated heterocycles. The van der Waals surface area contributed by atoms with Gasteiger partial charge in [-0.1, -0.05) is 42.8 Å². The van der Waals surface area contributed by atoms with E-state index in [9.17, 15) is 5.11 Å². The molecule has 0 aromatic heterocycles. The quantitative estimate of drug-likeness (QED) is 0.731. The van der Waals surface area contributed by atoms with Crippen LogP contribution in [0.4, 0.5) is 0 Å². The number of hydrogen-bond donors (Lipinski definition) is 2. The number of halogens is 1. The molecule has 1 aromatic rings. The largest absolute Gasteiger partial charge is 0.392 e. The molecule has 2 unspecified atom stereocenters. The summed E-state index contributed by atoms with van der Waals surface area (Å²) < 4.78 is 1.08. The van der Waals surface area contributed by atoms with E-state index < -0.39 is 0 Å². The van der Waals surface area contributed by atoms with Crippen LogP contribution < -0.4 is 5.32 Å². The topological polar surface area (TPSA) is 32.3 Å². The summed E-state index contributed by atoms with van der Waals surface area (Å²) in [5, 5.41) is 13.3. The van der Waals surface area contributed by atoms with Gasteiger partial charge in [0.1, 0.15) is 0 Å². The number of rotatable bonds is 7. The molecule has 2 atom stereocenters. The molecule has 0 aliphatic rings. The van der Waals surface area contributed by atoms with Gasteiger partial charge in [0.25, 0.3) is 0 Å². The van der Waals surface area contributed by atoms with Crippen LogP contribution >= 0.6 is 27.7 Å². The second-order valence-electron chi connectivity index (χ2n) is 5.34. The van der Waals surface area contributed by atoms with E-state index in [4.69, 9.17) is 0 Å². The highest BCUT2D eigenvalue weighted by Crippen LogP contribution is 2.31. The number of nitrogens with one attached hydrogen (secondary N) is 1. The smallest absolute Gasteiger partial charge is 0.0631 e. The molecule has 0 amide bonds. The molecule has 1 aromatic carbocycles. The molecular formula is C15H24BrNOS. The third-order valence-corrected chi connectivity index (χ3v) is 4.78. The molecule has 2 nitrogen and oxygen atoms in total. The van der Waals surface area contributed by atoms with E-state index >= 15 is 0 Å². The molecule has 2 N–H and O–H groups in total. The van der Waals surface area contributed by atoms with Crippen LogP contribution in [-0.4, -0.2) is 23.0 Å². The van der Waals surface area contributed by atoms with Gasteiger partial charge in [0.2, 0.25) is 0 Å². The fourth-order valence-electron chi connectivity index (χ4n) is 1.58. The first-order valence-electron chi connectivity index (χ1n) is 6.74. The van der Waals surface area contributed by atoms with E-state index in [0.29, 0.717) is 5.92 Å². The molecule has 0 aliphatic carbocycles. The third kappa shape index (κ3) is 6.30. The Morgan fingerprint density at radius 1 is 1.26 bits per heavy atom. The first-order chi connectivity index (χ1) is 8.90. The Hall–Kier alpha value is -0.0300. The minimum atomic E-state index is -0.305. The molecule has 0 spiro atoms. The van der Waals surface area contributed by atoms with Gasteiger partial charge in [0.15, 0.2) is 0 Å². The van der Waals surface area contributed by atoms with Crippen molar-refractivity contribution in [3.63, 3.8) is 0 Å². The van der Waals surface area contributed by atoms with Crippen LogP contribution in [0.2, 0.25) is 0 Å². The standard InChI is InChI=1S/C15H24BrNOS/c1-10(2)8-17-9-13-5-6-14(16)7-15(13)19-12(4)11(3)18/h5-7,10-12,17-18H,8-9H2,1-4H3. The Balaban J connectivity index is 2.73. The van der Waals surface area contributed by atoms with Crippen molar-refractivity contribution in [1.82, 2.24) is 5.32 Å². The first kappa shape index (κ1) is 17.0. The van der Waals surface area contributed by atoms with Crippen LogP contribution in [0.1, 0.15) is 33.3 Å². The van der Waals surface area contributed by atoms with Gasteiger partial charge in [-0.3, -0.25) is 0 Å². The lowest BCUT2D eigenvalue weighted by molar-refractivity contribution is 0.196. The van der Waals surface area contributed by atoms with Crippen molar-refractivity contribution in [2.45, 2.75) is 50.5 Å². The summed E-state index contributed by atoms with van der Waals surface area (Å²) in [6, 6.07) is 6.36. The summed E-state index contributed by atoms with van der Waals surface area (Å²) >= 11 is 5.25. The molecule has 1 rings (SSSR count). The average molecular weight is 346 g/mol. The maximum atomic E-state index is 9.64. The fourth-order valence-corrected chi connectivity index (χ4v) is 3.18. The van der Waals surface area contributed by atoms with Gasteiger partial charge in [0.05, 0.1) is 6.10 Å². The van der Waals surface area contributed by atoms with Gasteiger partial charge in [-0.05, 0) is 37.1 Å². The third-order valence-electron chi connectivity index (χ3n) is 2.89. The van der Waals surface area contributed by atoms with Gasteiger partial charge in [0, 0.05) is 21.2 Å². The van der Waals surface area contributed by atoms with Crippen molar-refractivity contribution in [3.8, 4) is 0 Å². The molecule has 0 heterocycles. The molecule has 0 saturated carbocycles. The molecule has 19 heavy (non-hydrogen) atoms. The normalized spacial score (nSPS) is 14.7. The van der Waals surface area contributed by atoms with Gasteiger partial charge >= 0.3 is 0 Å². The van der Waals surface area contributed by atoms with Crippen molar-refractivity contribution >= 4 is 27.7 Å². The lowest BCUT2D eigenvalue weighted by atomic mass is 10.2. The number of aliphatic hydroxyl groups is 1. The molecular weight excluding hydrogens is 322 g/mol. The van der Waals surface area contributed by atoms with Crippen LogP contribution in [0.3, 0.4) is 0 Å². The zero-order chi connectivity index (χ0) is 14.4. The minimum absolute atomic E-state index is 0.193. The molecule has 0 fully saturated rings. The van der Waals surface area contributed by atoms with Crippen molar-refractivity contribution in [1.29, 1.82) is 0 Å². The Labute approximate surface area is 129 Å². The lowest BCUT2D eigenvalue weighted by Gasteiger charge is -2.17. The van der Waals surface area contributed by atoms with Crippen LogP contribution in [0.15, 0.2) is 27.6 Å². The summed E-state index contributed by atoms with van der Waals surface area (Å²) in [6.45, 7) is 10.2. The summed E-state index contributed by atoms with van der Waals surface area (Å²) in [6.07, 6.45) is -0.305. The van der Waals surface area contributed by atoms with E-state index in [1.165, 1.54) is 10.5 Å². The maximum Gasteiger partial charge on any atom is 0.0631 e. The first-order valence-corrected chi connectivity index (χ1v) is 8.41.